The first-order valence-electron chi connectivity index (χ1n) is 21.4. The first-order valence-corrected chi connectivity index (χ1v) is 21.4. The molecule has 0 saturated carbocycles. The van der Waals surface area contributed by atoms with Crippen molar-refractivity contribution >= 4 is 21.8 Å². The smallest absolute Gasteiger partial charge is 0.164 e. The molecule has 0 radical (unpaired) electrons. The number of para-hydroxylation sites is 4. The van der Waals surface area contributed by atoms with Crippen LogP contribution in [0.3, 0.4) is 0 Å². The van der Waals surface area contributed by atoms with Gasteiger partial charge in [-0.3, -0.25) is 0 Å². The molecule has 0 fully saturated rings. The molecule has 1 aliphatic heterocycles. The van der Waals surface area contributed by atoms with Crippen molar-refractivity contribution in [2.75, 3.05) is 0 Å². The molecule has 0 N–H and O–H groups in total. The molecule has 294 valence electrons. The first kappa shape index (κ1) is 35.4. The first-order chi connectivity index (χ1) is 31.2. The van der Waals surface area contributed by atoms with E-state index in [1.54, 1.807) is 0 Å². The fourth-order valence-corrected chi connectivity index (χ4v) is 10.3. The van der Waals surface area contributed by atoms with Crippen molar-refractivity contribution in [3.63, 3.8) is 0 Å². The summed E-state index contributed by atoms with van der Waals surface area (Å²) < 4.78 is 9.18. The van der Waals surface area contributed by atoms with E-state index in [1.165, 1.54) is 38.5 Å². The predicted molar refractivity (Wildman–Crippen MR) is 253 cm³/mol. The second kappa shape index (κ2) is 13.8. The summed E-state index contributed by atoms with van der Waals surface area (Å²) in [5, 5.41) is 2.46. The molecule has 0 saturated heterocycles. The zero-order valence-electron chi connectivity index (χ0n) is 34.0. The summed E-state index contributed by atoms with van der Waals surface area (Å²) in [4.78, 5) is 15.8. The molecule has 2 aromatic heterocycles. The molecular weight excluding hydrogens is 769 g/mol. The molecule has 9 aromatic carbocycles. The van der Waals surface area contributed by atoms with Crippen LogP contribution in [0.1, 0.15) is 22.3 Å². The van der Waals surface area contributed by atoms with Gasteiger partial charge in [-0.2, -0.15) is 0 Å². The van der Waals surface area contributed by atoms with E-state index in [0.29, 0.717) is 17.5 Å². The fraction of sp³-hybridized carbons (Fsp3) is 0.0172. The zero-order valence-corrected chi connectivity index (χ0v) is 34.0. The van der Waals surface area contributed by atoms with Crippen LogP contribution < -0.4 is 4.74 Å². The van der Waals surface area contributed by atoms with Crippen LogP contribution in [0.25, 0.3) is 83.9 Å². The standard InChI is InChI=1S/C58H36N4O/c1-3-17-37(18-4-1)41-21-7-8-24-46(41)57-60-55(38-19-5-2-6-20-38)59-56(61-57)39-31-33-42-43-34-32-40(62-51-27-13-9-22-44(51)45-23-10-14-28-52(45)62)36-50(43)58(49(42)35-39)47-25-11-15-29-53(47)63-54-30-16-12-26-48(54)58/h1-36H. The lowest BCUT2D eigenvalue weighted by atomic mass is 9.66. The molecule has 2 aliphatic rings. The van der Waals surface area contributed by atoms with Crippen LogP contribution in [0.4, 0.5) is 0 Å². The third-order valence-electron chi connectivity index (χ3n) is 12.9. The van der Waals surface area contributed by atoms with Crippen LogP contribution in [0.15, 0.2) is 218 Å². The lowest BCUT2D eigenvalue weighted by molar-refractivity contribution is 0.436. The number of hydrogen-bond donors (Lipinski definition) is 0. The molecule has 0 atom stereocenters. The summed E-state index contributed by atoms with van der Waals surface area (Å²) in [6.45, 7) is 0. The van der Waals surface area contributed by atoms with E-state index in [4.69, 9.17) is 19.7 Å². The van der Waals surface area contributed by atoms with Gasteiger partial charge in [-0.1, -0.05) is 176 Å². The summed E-state index contributed by atoms with van der Waals surface area (Å²) in [5.41, 5.74) is 14.6. The van der Waals surface area contributed by atoms with Crippen LogP contribution in [-0.4, -0.2) is 19.5 Å². The largest absolute Gasteiger partial charge is 0.457 e. The SMILES string of the molecule is c1ccc(-c2nc(-c3ccc4c(c3)C3(c5ccccc5Oc5ccccc53)c3cc(-n5c6ccccc6c6ccccc65)ccc3-4)nc(-c3ccccc3-c3ccccc3)n2)cc1. The van der Waals surface area contributed by atoms with Crippen LogP contribution in [-0.2, 0) is 5.41 Å². The maximum absolute atomic E-state index is 6.77. The van der Waals surface area contributed by atoms with Crippen molar-refractivity contribution in [3.05, 3.63) is 241 Å². The maximum Gasteiger partial charge on any atom is 0.164 e. The highest BCUT2D eigenvalue weighted by Crippen LogP contribution is 2.62. The van der Waals surface area contributed by atoms with Gasteiger partial charge in [0.05, 0.1) is 16.4 Å². The number of aromatic nitrogens is 4. The molecule has 0 amide bonds. The lowest BCUT2D eigenvalue weighted by Gasteiger charge is -2.39. The van der Waals surface area contributed by atoms with Gasteiger partial charge in [-0.25, -0.2) is 15.0 Å². The molecular formula is C58H36N4O. The zero-order chi connectivity index (χ0) is 41.5. The Hall–Kier alpha value is -8.41. The van der Waals surface area contributed by atoms with Crippen LogP contribution in [0, 0.1) is 0 Å². The van der Waals surface area contributed by atoms with Crippen molar-refractivity contribution in [2.45, 2.75) is 5.41 Å². The van der Waals surface area contributed by atoms with E-state index in [0.717, 1.165) is 61.7 Å². The molecule has 0 unspecified atom stereocenters. The number of rotatable bonds is 5. The lowest BCUT2D eigenvalue weighted by Crippen LogP contribution is -2.32. The summed E-state index contributed by atoms with van der Waals surface area (Å²) in [5.74, 6) is 3.53. The molecule has 63 heavy (non-hydrogen) atoms. The van der Waals surface area contributed by atoms with Gasteiger partial charge in [0.15, 0.2) is 17.5 Å². The van der Waals surface area contributed by atoms with Gasteiger partial charge in [0.25, 0.3) is 0 Å². The Labute approximate surface area is 364 Å². The van der Waals surface area contributed by atoms with E-state index in [9.17, 15) is 0 Å². The van der Waals surface area contributed by atoms with E-state index in [-0.39, 0.29) is 0 Å². The average Bonchev–Trinajstić information content (AvgIpc) is 3.84. The second-order valence-electron chi connectivity index (χ2n) is 16.3. The Morgan fingerprint density at radius 2 is 0.825 bits per heavy atom. The molecule has 13 rings (SSSR count). The Kier molecular flexibility index (Phi) is 7.75. The highest BCUT2D eigenvalue weighted by atomic mass is 16.5. The van der Waals surface area contributed by atoms with E-state index < -0.39 is 5.41 Å². The number of benzene rings is 9. The topological polar surface area (TPSA) is 52.8 Å². The quantitative estimate of drug-likeness (QED) is 0.174. The van der Waals surface area contributed by atoms with E-state index in [1.807, 2.05) is 24.3 Å². The van der Waals surface area contributed by atoms with Crippen LogP contribution >= 0.6 is 0 Å². The fourth-order valence-electron chi connectivity index (χ4n) is 10.3. The molecule has 5 heteroatoms. The second-order valence-corrected chi connectivity index (χ2v) is 16.3. The van der Waals surface area contributed by atoms with Crippen molar-refractivity contribution in [1.29, 1.82) is 0 Å². The van der Waals surface area contributed by atoms with Gasteiger partial charge in [0.2, 0.25) is 0 Å². The summed E-state index contributed by atoms with van der Waals surface area (Å²) in [7, 11) is 0. The molecule has 3 heterocycles. The van der Waals surface area contributed by atoms with Crippen molar-refractivity contribution < 1.29 is 4.74 Å². The maximum atomic E-state index is 6.77. The molecule has 5 nitrogen and oxygen atoms in total. The molecule has 1 aliphatic carbocycles. The third-order valence-corrected chi connectivity index (χ3v) is 12.9. The predicted octanol–water partition coefficient (Wildman–Crippen LogP) is 14.1. The Morgan fingerprint density at radius 1 is 0.333 bits per heavy atom. The van der Waals surface area contributed by atoms with E-state index in [2.05, 4.69) is 199 Å². The summed E-state index contributed by atoms with van der Waals surface area (Å²) in [6.07, 6.45) is 0. The molecule has 11 aromatic rings. The minimum absolute atomic E-state index is 0.607. The number of ether oxygens (including phenoxy) is 1. The molecule has 0 bridgehead atoms. The average molecular weight is 805 g/mol. The number of nitrogens with zero attached hydrogens (tertiary/aromatic N) is 4. The minimum atomic E-state index is -0.723. The van der Waals surface area contributed by atoms with Crippen molar-refractivity contribution in [2.24, 2.45) is 0 Å². The number of fused-ring (bicyclic) bond motifs is 12. The number of hydrogen-bond acceptors (Lipinski definition) is 4. The highest BCUT2D eigenvalue weighted by molar-refractivity contribution is 6.09. The van der Waals surface area contributed by atoms with Crippen molar-refractivity contribution in [3.8, 4) is 73.6 Å². The summed E-state index contributed by atoms with van der Waals surface area (Å²) in [6, 6.07) is 77.2. The summed E-state index contributed by atoms with van der Waals surface area (Å²) >= 11 is 0. The minimum Gasteiger partial charge on any atom is -0.457 e. The normalized spacial score (nSPS) is 13.0. The van der Waals surface area contributed by atoms with Crippen LogP contribution in [0.5, 0.6) is 11.5 Å². The van der Waals surface area contributed by atoms with Crippen molar-refractivity contribution in [1.82, 2.24) is 19.5 Å². The van der Waals surface area contributed by atoms with Gasteiger partial charge in [-0.05, 0) is 75.8 Å². The molecule has 1 spiro atoms. The van der Waals surface area contributed by atoms with Gasteiger partial charge < -0.3 is 9.30 Å². The Morgan fingerprint density at radius 3 is 1.49 bits per heavy atom. The van der Waals surface area contributed by atoms with E-state index >= 15 is 0 Å². The Balaban J connectivity index is 1.08. The third kappa shape index (κ3) is 5.27. The van der Waals surface area contributed by atoms with Gasteiger partial charge in [0.1, 0.15) is 11.5 Å². The monoisotopic (exact) mass is 804 g/mol. The van der Waals surface area contributed by atoms with Crippen LogP contribution in [0.2, 0.25) is 0 Å². The van der Waals surface area contributed by atoms with Gasteiger partial charge in [0, 0.05) is 44.3 Å². The Bertz CT molecular complexity index is 3510. The van der Waals surface area contributed by atoms with Gasteiger partial charge >= 0.3 is 0 Å². The van der Waals surface area contributed by atoms with Gasteiger partial charge in [-0.15, -0.1) is 0 Å². The highest BCUT2D eigenvalue weighted by Gasteiger charge is 2.51.